The number of hydrogen-bond donors (Lipinski definition) is 0. The van der Waals surface area contributed by atoms with Gasteiger partial charge in [0.15, 0.2) is 0 Å². The Hall–Kier alpha value is -0.290. The van der Waals surface area contributed by atoms with Gasteiger partial charge < -0.3 is 0 Å². The van der Waals surface area contributed by atoms with E-state index in [1.54, 1.807) is 22.5 Å². The fourth-order valence-electron chi connectivity index (χ4n) is 3.13. The quantitative estimate of drug-likeness (QED) is 0.802. The smallest absolute Gasteiger partial charge is 0.207 e. The van der Waals surface area contributed by atoms with Crippen LogP contribution in [0.4, 0.5) is 0 Å². The third-order valence-corrected chi connectivity index (χ3v) is 6.80. The lowest BCUT2D eigenvalue weighted by atomic mass is 10.1. The first kappa shape index (κ1) is 13.7. The van der Waals surface area contributed by atoms with Crippen LogP contribution in [0.3, 0.4) is 0 Å². The second-order valence-electron chi connectivity index (χ2n) is 5.31. The van der Waals surface area contributed by atoms with Gasteiger partial charge in [-0.05, 0) is 42.9 Å². The molecule has 2 bridgehead atoms. The van der Waals surface area contributed by atoms with Crippen LogP contribution >= 0.6 is 23.2 Å². The Morgan fingerprint density at radius 1 is 1.32 bits per heavy atom. The molecule has 1 aromatic carbocycles. The molecule has 0 radical (unpaired) electrons. The lowest BCUT2D eigenvalue weighted by Crippen LogP contribution is -2.37. The van der Waals surface area contributed by atoms with E-state index in [9.17, 15) is 8.42 Å². The van der Waals surface area contributed by atoms with Gasteiger partial charge in [-0.1, -0.05) is 17.7 Å². The summed E-state index contributed by atoms with van der Waals surface area (Å²) in [6, 6.07) is 5.12. The Balaban J connectivity index is 2.00. The van der Waals surface area contributed by atoms with Crippen LogP contribution in [0.5, 0.6) is 0 Å². The van der Waals surface area contributed by atoms with E-state index in [0.717, 1.165) is 24.8 Å². The van der Waals surface area contributed by atoms with Crippen molar-refractivity contribution in [3.05, 3.63) is 28.8 Å². The van der Waals surface area contributed by atoms with Crippen molar-refractivity contribution in [1.82, 2.24) is 4.31 Å². The molecule has 1 saturated heterocycles. The molecular formula is C13H15Cl2NO2S. The Kier molecular flexibility index (Phi) is 3.54. The zero-order valence-electron chi connectivity index (χ0n) is 10.4. The molecule has 2 aliphatic rings. The first-order chi connectivity index (χ1) is 9.02. The Morgan fingerprint density at radius 2 is 2.11 bits per heavy atom. The van der Waals surface area contributed by atoms with Gasteiger partial charge in [0.25, 0.3) is 0 Å². The van der Waals surface area contributed by atoms with E-state index < -0.39 is 10.0 Å². The predicted octanol–water partition coefficient (Wildman–Crippen LogP) is 3.25. The van der Waals surface area contributed by atoms with Crippen molar-refractivity contribution in [3.63, 3.8) is 0 Å². The number of rotatable bonds is 3. The number of piperidine rings is 1. The summed E-state index contributed by atoms with van der Waals surface area (Å²) in [4.78, 5) is 0.194. The van der Waals surface area contributed by atoms with Crippen LogP contribution in [0.1, 0.15) is 24.8 Å². The van der Waals surface area contributed by atoms with Crippen LogP contribution in [0.25, 0.3) is 0 Å². The summed E-state index contributed by atoms with van der Waals surface area (Å²) in [5.41, 5.74) is 0.772. The SMILES string of the molecule is O=S(=O)(c1cc(CCl)ccc1Cl)N1CC2CCC1C2. The van der Waals surface area contributed by atoms with Crippen molar-refractivity contribution in [1.29, 1.82) is 0 Å². The van der Waals surface area contributed by atoms with Gasteiger partial charge in [-0.15, -0.1) is 11.6 Å². The minimum atomic E-state index is -3.49. The van der Waals surface area contributed by atoms with E-state index in [1.165, 1.54) is 0 Å². The van der Waals surface area contributed by atoms with Gasteiger partial charge in [0.05, 0.1) is 5.02 Å². The van der Waals surface area contributed by atoms with Crippen LogP contribution in [0, 0.1) is 5.92 Å². The van der Waals surface area contributed by atoms with E-state index in [4.69, 9.17) is 23.2 Å². The first-order valence-electron chi connectivity index (χ1n) is 6.38. The molecule has 1 aromatic rings. The number of hydrogen-bond acceptors (Lipinski definition) is 2. The van der Waals surface area contributed by atoms with Crippen molar-refractivity contribution >= 4 is 33.2 Å². The molecule has 104 valence electrons. The lowest BCUT2D eigenvalue weighted by Gasteiger charge is -2.26. The highest BCUT2D eigenvalue weighted by Gasteiger charge is 2.44. The number of alkyl halides is 1. The van der Waals surface area contributed by atoms with Crippen molar-refractivity contribution in [2.75, 3.05) is 6.54 Å². The molecule has 1 heterocycles. The van der Waals surface area contributed by atoms with E-state index in [0.29, 0.717) is 12.5 Å². The topological polar surface area (TPSA) is 37.4 Å². The number of halogens is 2. The molecule has 1 saturated carbocycles. The van der Waals surface area contributed by atoms with Gasteiger partial charge >= 0.3 is 0 Å². The summed E-state index contributed by atoms with van der Waals surface area (Å²) < 4.78 is 27.0. The van der Waals surface area contributed by atoms with E-state index in [2.05, 4.69) is 0 Å². The van der Waals surface area contributed by atoms with Gasteiger partial charge in [0.1, 0.15) is 4.90 Å². The summed E-state index contributed by atoms with van der Waals surface area (Å²) in [5.74, 6) is 0.806. The van der Waals surface area contributed by atoms with Gasteiger partial charge in [-0.3, -0.25) is 0 Å². The predicted molar refractivity (Wildman–Crippen MR) is 76.0 cm³/mol. The molecule has 1 aliphatic carbocycles. The number of fused-ring (bicyclic) bond motifs is 2. The maximum Gasteiger partial charge on any atom is 0.244 e. The number of benzene rings is 1. The standard InChI is InChI=1S/C13H15Cl2NO2S/c14-7-9-2-4-12(15)13(6-9)19(17,18)16-8-10-1-3-11(16)5-10/h2,4,6,10-11H,1,3,5,7-8H2. The molecule has 2 fully saturated rings. The highest BCUT2D eigenvalue weighted by Crippen LogP contribution is 2.41. The van der Waals surface area contributed by atoms with Gasteiger partial charge in [0, 0.05) is 18.5 Å². The fraction of sp³-hybridized carbons (Fsp3) is 0.538. The largest absolute Gasteiger partial charge is 0.244 e. The van der Waals surface area contributed by atoms with Gasteiger partial charge in [-0.25, -0.2) is 8.42 Å². The average Bonchev–Trinajstić information content (AvgIpc) is 3.01. The molecule has 1 aliphatic heterocycles. The van der Waals surface area contributed by atoms with Crippen LogP contribution in [0.15, 0.2) is 23.1 Å². The second kappa shape index (κ2) is 4.92. The monoisotopic (exact) mass is 319 g/mol. The van der Waals surface area contributed by atoms with E-state index in [1.807, 2.05) is 0 Å². The molecule has 0 spiro atoms. The van der Waals surface area contributed by atoms with E-state index >= 15 is 0 Å². The highest BCUT2D eigenvalue weighted by atomic mass is 35.5. The van der Waals surface area contributed by atoms with Crippen LogP contribution < -0.4 is 0 Å². The summed E-state index contributed by atoms with van der Waals surface area (Å²) in [6.45, 7) is 0.633. The molecule has 2 unspecified atom stereocenters. The van der Waals surface area contributed by atoms with Crippen molar-refractivity contribution in [2.45, 2.75) is 36.1 Å². The second-order valence-corrected chi connectivity index (χ2v) is 7.84. The van der Waals surface area contributed by atoms with Crippen molar-refractivity contribution in [3.8, 4) is 0 Å². The molecule has 2 atom stereocenters. The fourth-order valence-corrected chi connectivity index (χ4v) is 5.56. The Bertz CT molecular complexity index is 603. The van der Waals surface area contributed by atoms with Gasteiger partial charge in [0.2, 0.25) is 10.0 Å². The van der Waals surface area contributed by atoms with Crippen LogP contribution in [-0.4, -0.2) is 25.3 Å². The highest BCUT2D eigenvalue weighted by molar-refractivity contribution is 7.89. The zero-order chi connectivity index (χ0) is 13.6. The molecule has 19 heavy (non-hydrogen) atoms. The zero-order valence-corrected chi connectivity index (χ0v) is 12.7. The summed E-state index contributed by atoms with van der Waals surface area (Å²) in [5, 5.41) is 0.275. The maximum atomic E-state index is 12.7. The molecule has 3 rings (SSSR count). The van der Waals surface area contributed by atoms with Crippen molar-refractivity contribution < 1.29 is 8.42 Å². The number of sulfonamides is 1. The third kappa shape index (κ3) is 2.29. The summed E-state index contributed by atoms with van der Waals surface area (Å²) in [7, 11) is -3.49. The van der Waals surface area contributed by atoms with Gasteiger partial charge in [-0.2, -0.15) is 4.31 Å². The third-order valence-electron chi connectivity index (χ3n) is 4.10. The normalized spacial score (nSPS) is 27.1. The first-order valence-corrected chi connectivity index (χ1v) is 8.74. The molecular weight excluding hydrogens is 305 g/mol. The minimum absolute atomic E-state index is 0.158. The molecule has 0 aromatic heterocycles. The number of nitrogens with zero attached hydrogens (tertiary/aromatic N) is 1. The molecule has 0 N–H and O–H groups in total. The molecule has 6 heteroatoms. The Labute approximate surface area is 123 Å². The maximum absolute atomic E-state index is 12.7. The summed E-state index contributed by atoms with van der Waals surface area (Å²) >= 11 is 11.8. The molecule has 3 nitrogen and oxygen atoms in total. The average molecular weight is 320 g/mol. The summed E-state index contributed by atoms with van der Waals surface area (Å²) in [6.07, 6.45) is 3.11. The minimum Gasteiger partial charge on any atom is -0.207 e. The molecule has 0 amide bonds. The van der Waals surface area contributed by atoms with E-state index in [-0.39, 0.29) is 21.8 Å². The van der Waals surface area contributed by atoms with Crippen molar-refractivity contribution in [2.24, 2.45) is 5.92 Å². The van der Waals surface area contributed by atoms with Crippen LogP contribution in [-0.2, 0) is 15.9 Å². The lowest BCUT2D eigenvalue weighted by molar-refractivity contribution is 0.333. The van der Waals surface area contributed by atoms with Crippen LogP contribution in [0.2, 0.25) is 5.02 Å². The Morgan fingerprint density at radius 3 is 2.68 bits per heavy atom.